The molecule has 0 aromatic carbocycles. The molecule has 0 aromatic rings. The smallest absolute Gasteiger partial charge is 0.305 e. The molecular formula is C30H60O4. The molecule has 0 fully saturated rings. The molecule has 0 heterocycles. The van der Waals surface area contributed by atoms with Crippen molar-refractivity contribution in [3.63, 3.8) is 0 Å². The van der Waals surface area contributed by atoms with Gasteiger partial charge < -0.3 is 14.2 Å². The number of hydrogen-bond donors (Lipinski definition) is 0. The molecule has 204 valence electrons. The van der Waals surface area contributed by atoms with E-state index in [-0.39, 0.29) is 5.97 Å². The van der Waals surface area contributed by atoms with Crippen LogP contribution in [0.4, 0.5) is 0 Å². The van der Waals surface area contributed by atoms with Crippen molar-refractivity contribution < 1.29 is 19.0 Å². The van der Waals surface area contributed by atoms with E-state index in [9.17, 15) is 4.79 Å². The van der Waals surface area contributed by atoms with Gasteiger partial charge in [0.2, 0.25) is 0 Å². The Labute approximate surface area is 213 Å². The maximum Gasteiger partial charge on any atom is 0.305 e. The van der Waals surface area contributed by atoms with Gasteiger partial charge in [-0.15, -0.1) is 0 Å². The van der Waals surface area contributed by atoms with Crippen molar-refractivity contribution in [2.24, 2.45) is 0 Å². The summed E-state index contributed by atoms with van der Waals surface area (Å²) in [4.78, 5) is 11.8. The van der Waals surface area contributed by atoms with E-state index < -0.39 is 0 Å². The first-order chi connectivity index (χ1) is 16.8. The minimum atomic E-state index is -0.0864. The van der Waals surface area contributed by atoms with Crippen LogP contribution in [0.25, 0.3) is 0 Å². The van der Waals surface area contributed by atoms with Crippen LogP contribution < -0.4 is 0 Å². The van der Waals surface area contributed by atoms with Crippen LogP contribution in [0.3, 0.4) is 0 Å². The molecule has 0 rings (SSSR count). The number of esters is 1. The predicted molar refractivity (Wildman–Crippen MR) is 146 cm³/mol. The second-order valence-corrected chi connectivity index (χ2v) is 9.91. The first-order valence-corrected chi connectivity index (χ1v) is 15.1. The fraction of sp³-hybridized carbons (Fsp3) is 0.967. The van der Waals surface area contributed by atoms with Crippen molar-refractivity contribution in [3.05, 3.63) is 0 Å². The Morgan fingerprint density at radius 3 is 1.24 bits per heavy atom. The summed E-state index contributed by atoms with van der Waals surface area (Å²) < 4.78 is 16.4. The minimum Gasteiger partial charge on any atom is -0.466 e. The standard InChI is InChI=1S/C30H60O4/c1-3-5-7-9-10-11-12-13-14-15-16-17-18-19-20-22-27-34-30(31)24-23-26-33-29-28-32-25-21-8-6-4-2/h3-29H2,1-2H3. The van der Waals surface area contributed by atoms with Crippen LogP contribution in [0.15, 0.2) is 0 Å². The predicted octanol–water partition coefficient (Wildman–Crippen LogP) is 9.18. The van der Waals surface area contributed by atoms with Crippen molar-refractivity contribution in [1.29, 1.82) is 0 Å². The normalized spacial score (nSPS) is 11.2. The molecule has 0 spiro atoms. The topological polar surface area (TPSA) is 44.8 Å². The summed E-state index contributed by atoms with van der Waals surface area (Å²) in [6.07, 6.45) is 27.8. The summed E-state index contributed by atoms with van der Waals surface area (Å²) in [7, 11) is 0. The van der Waals surface area contributed by atoms with E-state index in [0.29, 0.717) is 32.8 Å². The van der Waals surface area contributed by atoms with Gasteiger partial charge in [-0.1, -0.05) is 129 Å². The van der Waals surface area contributed by atoms with E-state index >= 15 is 0 Å². The van der Waals surface area contributed by atoms with Crippen LogP contribution in [-0.4, -0.2) is 39.0 Å². The fourth-order valence-corrected chi connectivity index (χ4v) is 4.18. The maximum atomic E-state index is 11.8. The lowest BCUT2D eigenvalue weighted by molar-refractivity contribution is -0.144. The Kier molecular flexibility index (Phi) is 29.9. The second kappa shape index (κ2) is 30.4. The first kappa shape index (κ1) is 33.4. The molecule has 0 radical (unpaired) electrons. The Balaban J connectivity index is 3.13. The van der Waals surface area contributed by atoms with Gasteiger partial charge in [0.25, 0.3) is 0 Å². The highest BCUT2D eigenvalue weighted by molar-refractivity contribution is 5.69. The highest BCUT2D eigenvalue weighted by Gasteiger charge is 2.02. The lowest BCUT2D eigenvalue weighted by Gasteiger charge is -2.07. The van der Waals surface area contributed by atoms with E-state index in [4.69, 9.17) is 14.2 Å². The molecule has 0 unspecified atom stereocenters. The quantitative estimate of drug-likeness (QED) is 0.0784. The molecule has 0 amide bonds. The van der Waals surface area contributed by atoms with Crippen molar-refractivity contribution >= 4 is 5.97 Å². The second-order valence-electron chi connectivity index (χ2n) is 9.91. The Bertz CT molecular complexity index is 386. The molecule has 0 bridgehead atoms. The molecule has 0 aliphatic heterocycles. The zero-order valence-corrected chi connectivity index (χ0v) is 23.2. The number of ether oxygens (including phenoxy) is 3. The molecule has 4 nitrogen and oxygen atoms in total. The van der Waals surface area contributed by atoms with Crippen molar-refractivity contribution in [3.8, 4) is 0 Å². The SMILES string of the molecule is CCCCCCCCCCCCCCCCCCOC(=O)CCCOCCOCCCCCC. The number of carbonyl (C=O) groups is 1. The van der Waals surface area contributed by atoms with Crippen LogP contribution in [-0.2, 0) is 19.0 Å². The molecule has 0 saturated carbocycles. The lowest BCUT2D eigenvalue weighted by atomic mass is 10.0. The van der Waals surface area contributed by atoms with Gasteiger partial charge in [-0.3, -0.25) is 4.79 Å². The van der Waals surface area contributed by atoms with Gasteiger partial charge in [0.15, 0.2) is 0 Å². The maximum absolute atomic E-state index is 11.8. The molecule has 0 aromatic heterocycles. The van der Waals surface area contributed by atoms with E-state index in [0.717, 1.165) is 25.9 Å². The van der Waals surface area contributed by atoms with Crippen LogP contribution in [0, 0.1) is 0 Å². The van der Waals surface area contributed by atoms with Gasteiger partial charge in [-0.25, -0.2) is 0 Å². The van der Waals surface area contributed by atoms with Gasteiger partial charge in [0.1, 0.15) is 0 Å². The fourth-order valence-electron chi connectivity index (χ4n) is 4.18. The Morgan fingerprint density at radius 2 is 0.765 bits per heavy atom. The van der Waals surface area contributed by atoms with E-state index in [1.54, 1.807) is 0 Å². The van der Waals surface area contributed by atoms with Gasteiger partial charge >= 0.3 is 5.97 Å². The molecular weight excluding hydrogens is 424 g/mol. The molecule has 0 N–H and O–H groups in total. The first-order valence-electron chi connectivity index (χ1n) is 15.1. The molecule has 0 aliphatic rings. The van der Waals surface area contributed by atoms with Gasteiger partial charge in [0, 0.05) is 19.6 Å². The zero-order valence-electron chi connectivity index (χ0n) is 23.2. The summed E-state index contributed by atoms with van der Waals surface area (Å²) in [6.45, 7) is 7.77. The number of carbonyl (C=O) groups excluding carboxylic acids is 1. The van der Waals surface area contributed by atoms with Gasteiger partial charge in [-0.2, -0.15) is 0 Å². The van der Waals surface area contributed by atoms with E-state index in [1.165, 1.54) is 116 Å². The van der Waals surface area contributed by atoms with Crippen molar-refractivity contribution in [1.82, 2.24) is 0 Å². The van der Waals surface area contributed by atoms with Crippen molar-refractivity contribution in [2.75, 3.05) is 33.0 Å². The molecule has 0 aliphatic carbocycles. The average molecular weight is 485 g/mol. The van der Waals surface area contributed by atoms with E-state index in [1.807, 2.05) is 0 Å². The molecule has 4 heteroatoms. The summed E-state index contributed by atoms with van der Waals surface area (Å²) in [5, 5.41) is 0. The summed E-state index contributed by atoms with van der Waals surface area (Å²) >= 11 is 0. The molecule has 0 saturated heterocycles. The number of hydrogen-bond acceptors (Lipinski definition) is 4. The highest BCUT2D eigenvalue weighted by atomic mass is 16.5. The van der Waals surface area contributed by atoms with E-state index in [2.05, 4.69) is 13.8 Å². The van der Waals surface area contributed by atoms with Crippen LogP contribution in [0.5, 0.6) is 0 Å². The monoisotopic (exact) mass is 484 g/mol. The van der Waals surface area contributed by atoms with Crippen LogP contribution in [0.1, 0.15) is 155 Å². The van der Waals surface area contributed by atoms with Crippen LogP contribution >= 0.6 is 0 Å². The third-order valence-corrected chi connectivity index (χ3v) is 6.44. The largest absolute Gasteiger partial charge is 0.466 e. The minimum absolute atomic E-state index is 0.0864. The Hall–Kier alpha value is -0.610. The van der Waals surface area contributed by atoms with Crippen LogP contribution in [0.2, 0.25) is 0 Å². The van der Waals surface area contributed by atoms with Crippen molar-refractivity contribution in [2.45, 2.75) is 155 Å². The average Bonchev–Trinajstić information content (AvgIpc) is 2.84. The molecule has 34 heavy (non-hydrogen) atoms. The molecule has 0 atom stereocenters. The summed E-state index contributed by atoms with van der Waals surface area (Å²) in [5.41, 5.74) is 0. The number of rotatable bonds is 29. The van der Waals surface area contributed by atoms with Gasteiger partial charge in [0.05, 0.1) is 19.8 Å². The summed E-state index contributed by atoms with van der Waals surface area (Å²) in [6, 6.07) is 0. The number of unbranched alkanes of at least 4 members (excludes halogenated alkanes) is 18. The third-order valence-electron chi connectivity index (χ3n) is 6.44. The lowest BCUT2D eigenvalue weighted by Crippen LogP contribution is -2.09. The summed E-state index contributed by atoms with van der Waals surface area (Å²) in [5.74, 6) is -0.0864. The highest BCUT2D eigenvalue weighted by Crippen LogP contribution is 2.13. The zero-order chi connectivity index (χ0) is 24.8. The Morgan fingerprint density at radius 1 is 0.412 bits per heavy atom. The van der Waals surface area contributed by atoms with Gasteiger partial charge in [-0.05, 0) is 19.3 Å². The third kappa shape index (κ3) is 29.4.